The minimum absolute atomic E-state index is 0.0840. The van der Waals surface area contributed by atoms with Crippen molar-refractivity contribution in [2.24, 2.45) is 0 Å². The molecule has 0 heterocycles. The SMILES string of the molecule is N#[13C]c1ccc(Cc2cc(Cl)cc(Cl)c2)c(S(=O)(=O)Cl)c1. The summed E-state index contributed by atoms with van der Waals surface area (Å²) in [6, 6.07) is 11.2. The largest absolute Gasteiger partial charge is 0.261 e. The molecule has 3 nitrogen and oxygen atoms in total. The molecule has 0 atom stereocenters. The third-order valence-corrected chi connectivity index (χ3v) is 4.62. The lowest BCUT2D eigenvalue weighted by Crippen LogP contribution is -2.00. The Kier molecular flexibility index (Phi) is 4.80. The van der Waals surface area contributed by atoms with Crippen molar-refractivity contribution in [3.05, 3.63) is 63.1 Å². The van der Waals surface area contributed by atoms with Gasteiger partial charge in [0.1, 0.15) is 0 Å². The highest BCUT2D eigenvalue weighted by atomic mass is 35.7. The van der Waals surface area contributed by atoms with Crippen molar-refractivity contribution in [3.8, 4) is 6.07 Å². The van der Waals surface area contributed by atoms with Gasteiger partial charge in [-0.05, 0) is 47.9 Å². The predicted octanol–water partition coefficient (Wildman–Crippen LogP) is 4.38. The molecule has 0 saturated heterocycles. The summed E-state index contributed by atoms with van der Waals surface area (Å²) in [5.74, 6) is 0. The monoisotopic (exact) mass is 360 g/mol. The lowest BCUT2D eigenvalue weighted by molar-refractivity contribution is 0.608. The van der Waals surface area contributed by atoms with E-state index in [9.17, 15) is 8.42 Å². The maximum absolute atomic E-state index is 11.6. The highest BCUT2D eigenvalue weighted by Gasteiger charge is 2.17. The normalized spacial score (nSPS) is 11.1. The molecular weight excluding hydrogens is 354 g/mol. The molecule has 2 rings (SSSR count). The molecule has 0 bridgehead atoms. The third-order valence-electron chi connectivity index (χ3n) is 2.78. The molecule has 0 fully saturated rings. The minimum Gasteiger partial charge on any atom is -0.207 e. The van der Waals surface area contributed by atoms with Gasteiger partial charge in [0.15, 0.2) is 0 Å². The topological polar surface area (TPSA) is 57.9 Å². The first-order chi connectivity index (χ1) is 9.79. The van der Waals surface area contributed by atoms with Crippen LogP contribution in [0.4, 0.5) is 0 Å². The van der Waals surface area contributed by atoms with E-state index in [4.69, 9.17) is 39.1 Å². The van der Waals surface area contributed by atoms with Crippen LogP contribution in [-0.2, 0) is 15.5 Å². The Morgan fingerprint density at radius 2 is 1.67 bits per heavy atom. The number of benzene rings is 2. The zero-order valence-corrected chi connectivity index (χ0v) is 13.6. The van der Waals surface area contributed by atoms with Crippen molar-refractivity contribution >= 4 is 42.9 Å². The molecule has 7 heteroatoms. The molecule has 2 aromatic carbocycles. The van der Waals surface area contributed by atoms with Crippen LogP contribution in [-0.4, -0.2) is 8.42 Å². The summed E-state index contributed by atoms with van der Waals surface area (Å²) in [5.41, 5.74) is 1.45. The number of hydrogen-bond donors (Lipinski definition) is 0. The van der Waals surface area contributed by atoms with Gasteiger partial charge in [-0.1, -0.05) is 29.3 Å². The maximum atomic E-state index is 11.6. The number of halogens is 3. The van der Waals surface area contributed by atoms with Crippen molar-refractivity contribution in [3.63, 3.8) is 0 Å². The Hall–Kier alpha value is -1.25. The van der Waals surface area contributed by atoms with E-state index in [0.717, 1.165) is 5.56 Å². The average molecular weight is 362 g/mol. The molecule has 0 unspecified atom stereocenters. The van der Waals surface area contributed by atoms with Gasteiger partial charge >= 0.3 is 0 Å². The Balaban J connectivity index is 2.52. The van der Waals surface area contributed by atoms with Crippen molar-refractivity contribution in [2.75, 3.05) is 0 Å². The molecule has 0 amide bonds. The second kappa shape index (κ2) is 6.25. The van der Waals surface area contributed by atoms with E-state index in [1.807, 2.05) is 6.07 Å². The Labute approximate surface area is 137 Å². The first-order valence-corrected chi connectivity index (χ1v) is 8.79. The van der Waals surface area contributed by atoms with Gasteiger partial charge in [-0.2, -0.15) is 5.26 Å². The number of nitriles is 1. The van der Waals surface area contributed by atoms with Gasteiger partial charge in [-0.3, -0.25) is 0 Å². The molecule has 0 saturated carbocycles. The molecule has 2 aromatic rings. The van der Waals surface area contributed by atoms with Crippen LogP contribution in [0.15, 0.2) is 41.3 Å². The fourth-order valence-corrected chi connectivity index (χ4v) is 3.65. The second-order valence-electron chi connectivity index (χ2n) is 4.33. The Morgan fingerprint density at radius 3 is 2.19 bits per heavy atom. The van der Waals surface area contributed by atoms with Gasteiger partial charge in [0.25, 0.3) is 9.05 Å². The van der Waals surface area contributed by atoms with Gasteiger partial charge in [0.05, 0.1) is 16.5 Å². The summed E-state index contributed by atoms with van der Waals surface area (Å²) in [7, 11) is 1.48. The van der Waals surface area contributed by atoms with Crippen LogP contribution in [0.3, 0.4) is 0 Å². The van der Waals surface area contributed by atoms with Gasteiger partial charge in [-0.25, -0.2) is 8.42 Å². The van der Waals surface area contributed by atoms with Crippen molar-refractivity contribution in [2.45, 2.75) is 11.3 Å². The average Bonchev–Trinajstić information content (AvgIpc) is 2.36. The van der Waals surface area contributed by atoms with E-state index < -0.39 is 9.05 Å². The summed E-state index contributed by atoms with van der Waals surface area (Å²) in [6.07, 6.45) is 0.285. The molecule has 21 heavy (non-hydrogen) atoms. The van der Waals surface area contributed by atoms with Crippen molar-refractivity contribution in [1.29, 1.82) is 5.26 Å². The van der Waals surface area contributed by atoms with Gasteiger partial charge in [0, 0.05) is 20.7 Å². The number of hydrogen-bond acceptors (Lipinski definition) is 3. The summed E-state index contributed by atoms with van der Waals surface area (Å²) >= 11 is 11.8. The van der Waals surface area contributed by atoms with Gasteiger partial charge < -0.3 is 0 Å². The maximum Gasteiger partial charge on any atom is 0.261 e. The van der Waals surface area contributed by atoms with Crippen LogP contribution >= 0.6 is 33.9 Å². The highest BCUT2D eigenvalue weighted by Crippen LogP contribution is 2.26. The summed E-state index contributed by atoms with van der Waals surface area (Å²) in [6.45, 7) is 0. The molecule has 0 aliphatic rings. The molecule has 0 N–H and O–H groups in total. The molecule has 0 aliphatic carbocycles. The zero-order chi connectivity index (χ0) is 15.6. The summed E-state index contributed by atoms with van der Waals surface area (Å²) in [4.78, 5) is -0.0840. The van der Waals surface area contributed by atoms with E-state index >= 15 is 0 Å². The van der Waals surface area contributed by atoms with Crippen LogP contribution in [0, 0.1) is 11.3 Å². The minimum atomic E-state index is -3.95. The van der Waals surface area contributed by atoms with Crippen LogP contribution in [0.5, 0.6) is 0 Å². The standard InChI is InChI=1S/C14H8Cl3NO2S/c15-12-4-10(5-13(16)7-12)3-11-2-1-9(8-18)6-14(11)21(17,19)20/h1-2,4-7H,3H2/i8+1. The Bertz CT molecular complexity index is 822. The van der Waals surface area contributed by atoms with Crippen molar-refractivity contribution < 1.29 is 8.42 Å². The fourth-order valence-electron chi connectivity index (χ4n) is 1.93. The summed E-state index contributed by atoms with van der Waals surface area (Å²) < 4.78 is 23.3. The highest BCUT2D eigenvalue weighted by molar-refractivity contribution is 8.13. The molecule has 0 radical (unpaired) electrons. The Morgan fingerprint density at radius 1 is 1.05 bits per heavy atom. The second-order valence-corrected chi connectivity index (χ2v) is 7.73. The molecule has 108 valence electrons. The first kappa shape index (κ1) is 16.1. The van der Waals surface area contributed by atoms with Gasteiger partial charge in [-0.15, -0.1) is 0 Å². The van der Waals surface area contributed by atoms with E-state index in [1.165, 1.54) is 12.1 Å². The van der Waals surface area contributed by atoms with Crippen LogP contribution in [0.25, 0.3) is 0 Å². The van der Waals surface area contributed by atoms with E-state index in [1.54, 1.807) is 24.3 Å². The molecule has 0 aromatic heterocycles. The molecular formula is C14H8Cl3NO2S. The summed E-state index contributed by atoms with van der Waals surface area (Å²) in [5, 5.41) is 9.78. The number of rotatable bonds is 3. The lowest BCUT2D eigenvalue weighted by atomic mass is 10.0. The molecule has 0 spiro atoms. The van der Waals surface area contributed by atoms with Crippen molar-refractivity contribution in [1.82, 2.24) is 0 Å². The van der Waals surface area contributed by atoms with E-state index in [0.29, 0.717) is 15.6 Å². The quantitative estimate of drug-likeness (QED) is 0.602. The number of nitrogens with zero attached hydrogens (tertiary/aromatic N) is 1. The van der Waals surface area contributed by atoms with Crippen LogP contribution in [0.1, 0.15) is 16.7 Å². The molecule has 0 aliphatic heterocycles. The van der Waals surface area contributed by atoms with Gasteiger partial charge in [0.2, 0.25) is 0 Å². The first-order valence-electron chi connectivity index (χ1n) is 5.72. The van der Waals surface area contributed by atoms with Crippen LogP contribution in [0.2, 0.25) is 10.0 Å². The fraction of sp³-hybridized carbons (Fsp3) is 0.0714. The lowest BCUT2D eigenvalue weighted by Gasteiger charge is -2.08. The third kappa shape index (κ3) is 4.12. The zero-order valence-electron chi connectivity index (χ0n) is 10.5. The smallest absolute Gasteiger partial charge is 0.207 e. The van der Waals surface area contributed by atoms with E-state index in [-0.39, 0.29) is 16.9 Å². The van der Waals surface area contributed by atoms with Crippen LogP contribution < -0.4 is 0 Å². The van der Waals surface area contributed by atoms with E-state index in [2.05, 4.69) is 0 Å². The predicted molar refractivity (Wildman–Crippen MR) is 83.5 cm³/mol.